The quantitative estimate of drug-likeness (QED) is 0.920. The van der Waals surface area contributed by atoms with Gasteiger partial charge in [0.05, 0.1) is 28.4 Å². The number of ether oxygens (including phenoxy) is 1. The molecular formula is C13H19ClN2O3. The first-order valence-electron chi connectivity index (χ1n) is 6.51. The summed E-state index contributed by atoms with van der Waals surface area (Å²) in [6.45, 7) is 2.86. The summed E-state index contributed by atoms with van der Waals surface area (Å²) >= 11 is 6.30. The van der Waals surface area contributed by atoms with Crippen molar-refractivity contribution >= 4 is 17.6 Å². The van der Waals surface area contributed by atoms with Crippen molar-refractivity contribution < 1.29 is 14.6 Å². The largest absolute Gasteiger partial charge is 0.481 e. The van der Waals surface area contributed by atoms with Crippen LogP contribution in [0.4, 0.5) is 0 Å². The summed E-state index contributed by atoms with van der Waals surface area (Å²) < 4.78 is 7.07. The van der Waals surface area contributed by atoms with Gasteiger partial charge in [0.2, 0.25) is 0 Å². The summed E-state index contributed by atoms with van der Waals surface area (Å²) in [6, 6.07) is 0. The fourth-order valence-corrected chi connectivity index (χ4v) is 2.93. The van der Waals surface area contributed by atoms with Gasteiger partial charge in [-0.1, -0.05) is 18.5 Å². The molecule has 1 fully saturated rings. The molecule has 0 amide bonds. The molecule has 1 aromatic heterocycles. The third-order valence-corrected chi connectivity index (χ3v) is 4.22. The van der Waals surface area contributed by atoms with Crippen LogP contribution in [-0.4, -0.2) is 34.1 Å². The Hall–Kier alpha value is -1.07. The zero-order chi connectivity index (χ0) is 14.0. The number of carbonyl (C=O) groups is 1. The smallest absolute Gasteiger partial charge is 0.312 e. The lowest BCUT2D eigenvalue weighted by Crippen LogP contribution is -2.41. The highest BCUT2D eigenvalue weighted by atomic mass is 35.5. The van der Waals surface area contributed by atoms with Crippen molar-refractivity contribution in [2.24, 2.45) is 12.5 Å². The molecule has 0 saturated carbocycles. The SMILES string of the molecule is CCc1nn(C)c(CC2(C(=O)O)CCCOC2)c1Cl. The molecule has 1 atom stereocenters. The molecule has 0 bridgehead atoms. The first-order chi connectivity index (χ1) is 9.00. The normalized spacial score (nSPS) is 23.5. The average molecular weight is 287 g/mol. The van der Waals surface area contributed by atoms with E-state index in [1.807, 2.05) is 6.92 Å². The fourth-order valence-electron chi connectivity index (χ4n) is 2.57. The van der Waals surface area contributed by atoms with E-state index in [0.29, 0.717) is 24.5 Å². The Morgan fingerprint density at radius 1 is 1.63 bits per heavy atom. The molecule has 6 heteroatoms. The van der Waals surface area contributed by atoms with E-state index in [-0.39, 0.29) is 6.61 Å². The Labute approximate surface area is 117 Å². The predicted molar refractivity (Wildman–Crippen MR) is 71.4 cm³/mol. The van der Waals surface area contributed by atoms with E-state index in [1.165, 1.54) is 0 Å². The van der Waals surface area contributed by atoms with Gasteiger partial charge in [0.25, 0.3) is 0 Å². The average Bonchev–Trinajstić information content (AvgIpc) is 2.67. The van der Waals surface area contributed by atoms with Crippen molar-refractivity contribution in [2.75, 3.05) is 13.2 Å². The summed E-state index contributed by atoms with van der Waals surface area (Å²) in [5, 5.41) is 14.5. The third-order valence-electron chi connectivity index (χ3n) is 3.78. The van der Waals surface area contributed by atoms with Gasteiger partial charge in [0.1, 0.15) is 0 Å². The maximum Gasteiger partial charge on any atom is 0.312 e. The minimum Gasteiger partial charge on any atom is -0.481 e. The molecule has 19 heavy (non-hydrogen) atoms. The van der Waals surface area contributed by atoms with Crippen LogP contribution in [0.2, 0.25) is 5.02 Å². The zero-order valence-electron chi connectivity index (χ0n) is 11.3. The summed E-state index contributed by atoms with van der Waals surface area (Å²) in [6.07, 6.45) is 2.49. The van der Waals surface area contributed by atoms with Crippen molar-refractivity contribution in [1.29, 1.82) is 0 Å². The molecule has 2 heterocycles. The summed E-state index contributed by atoms with van der Waals surface area (Å²) in [4.78, 5) is 11.6. The van der Waals surface area contributed by atoms with Crippen LogP contribution >= 0.6 is 11.6 Å². The van der Waals surface area contributed by atoms with Crippen LogP contribution in [0.15, 0.2) is 0 Å². The van der Waals surface area contributed by atoms with Crippen LogP contribution in [0.1, 0.15) is 31.2 Å². The number of aromatic nitrogens is 2. The van der Waals surface area contributed by atoms with Crippen molar-refractivity contribution in [3.05, 3.63) is 16.4 Å². The molecule has 0 aromatic carbocycles. The Balaban J connectivity index is 2.32. The topological polar surface area (TPSA) is 64.4 Å². The van der Waals surface area contributed by atoms with E-state index in [2.05, 4.69) is 5.10 Å². The zero-order valence-corrected chi connectivity index (χ0v) is 12.0. The highest BCUT2D eigenvalue weighted by Gasteiger charge is 2.42. The van der Waals surface area contributed by atoms with Gasteiger partial charge in [0, 0.05) is 20.1 Å². The number of halogens is 1. The highest BCUT2D eigenvalue weighted by Crippen LogP contribution is 2.35. The first kappa shape index (κ1) is 14.3. The molecule has 106 valence electrons. The number of carboxylic acid groups (broad SMARTS) is 1. The van der Waals surface area contributed by atoms with Crippen molar-refractivity contribution in [2.45, 2.75) is 32.6 Å². The maximum atomic E-state index is 11.6. The molecule has 1 aromatic rings. The van der Waals surface area contributed by atoms with Crippen molar-refractivity contribution in [1.82, 2.24) is 9.78 Å². The van der Waals surface area contributed by atoms with E-state index in [0.717, 1.165) is 24.2 Å². The van der Waals surface area contributed by atoms with Gasteiger partial charge < -0.3 is 9.84 Å². The number of rotatable bonds is 4. The molecule has 0 spiro atoms. The van der Waals surface area contributed by atoms with Gasteiger partial charge in [-0.3, -0.25) is 9.48 Å². The van der Waals surface area contributed by atoms with Crippen LogP contribution < -0.4 is 0 Å². The Bertz CT molecular complexity index is 478. The number of aliphatic carboxylic acids is 1. The molecule has 5 nitrogen and oxygen atoms in total. The number of aryl methyl sites for hydroxylation is 2. The number of carboxylic acids is 1. The summed E-state index contributed by atoms with van der Waals surface area (Å²) in [5.74, 6) is -0.817. The fraction of sp³-hybridized carbons (Fsp3) is 0.692. The van der Waals surface area contributed by atoms with Crippen molar-refractivity contribution in [3.8, 4) is 0 Å². The van der Waals surface area contributed by atoms with Crippen LogP contribution in [-0.2, 0) is 29.4 Å². The van der Waals surface area contributed by atoms with Crippen LogP contribution in [0, 0.1) is 5.41 Å². The lowest BCUT2D eigenvalue weighted by atomic mass is 9.78. The van der Waals surface area contributed by atoms with Gasteiger partial charge >= 0.3 is 5.97 Å². The second kappa shape index (κ2) is 5.51. The standard InChI is InChI=1S/C13H19ClN2O3/c1-3-9-11(14)10(16(2)15-9)7-13(12(17)18)5-4-6-19-8-13/h3-8H2,1-2H3,(H,17,18). The molecule has 2 rings (SSSR count). The van der Waals surface area contributed by atoms with E-state index < -0.39 is 11.4 Å². The van der Waals surface area contributed by atoms with Gasteiger partial charge in [-0.15, -0.1) is 0 Å². The van der Waals surface area contributed by atoms with Gasteiger partial charge in [-0.2, -0.15) is 5.10 Å². The van der Waals surface area contributed by atoms with Crippen LogP contribution in [0.3, 0.4) is 0 Å². The van der Waals surface area contributed by atoms with E-state index >= 15 is 0 Å². The number of nitrogens with zero attached hydrogens (tertiary/aromatic N) is 2. The molecule has 0 radical (unpaired) electrons. The number of hydrogen-bond acceptors (Lipinski definition) is 3. The van der Waals surface area contributed by atoms with E-state index in [9.17, 15) is 9.90 Å². The maximum absolute atomic E-state index is 11.6. The lowest BCUT2D eigenvalue weighted by Gasteiger charge is -2.33. The highest BCUT2D eigenvalue weighted by molar-refractivity contribution is 6.31. The second-order valence-corrected chi connectivity index (χ2v) is 5.48. The summed E-state index contributed by atoms with van der Waals surface area (Å²) in [5.41, 5.74) is 0.726. The number of hydrogen-bond donors (Lipinski definition) is 1. The van der Waals surface area contributed by atoms with E-state index in [4.69, 9.17) is 16.3 Å². The molecule has 0 aliphatic carbocycles. The second-order valence-electron chi connectivity index (χ2n) is 5.10. The molecule has 1 saturated heterocycles. The molecule has 1 aliphatic heterocycles. The molecule has 1 unspecified atom stereocenters. The van der Waals surface area contributed by atoms with Gasteiger partial charge in [0.15, 0.2) is 0 Å². The van der Waals surface area contributed by atoms with Crippen LogP contribution in [0.5, 0.6) is 0 Å². The molecule has 1 N–H and O–H groups in total. The first-order valence-corrected chi connectivity index (χ1v) is 6.89. The Morgan fingerprint density at radius 3 is 2.84 bits per heavy atom. The summed E-state index contributed by atoms with van der Waals surface area (Å²) in [7, 11) is 1.81. The Kier molecular flexibility index (Phi) is 4.16. The van der Waals surface area contributed by atoms with Crippen LogP contribution in [0.25, 0.3) is 0 Å². The van der Waals surface area contributed by atoms with Crippen molar-refractivity contribution in [3.63, 3.8) is 0 Å². The predicted octanol–water partition coefficient (Wildman–Crippen LogP) is 2.06. The lowest BCUT2D eigenvalue weighted by molar-refractivity contribution is -0.157. The molecular weight excluding hydrogens is 268 g/mol. The minimum absolute atomic E-state index is 0.241. The minimum atomic E-state index is -0.874. The third kappa shape index (κ3) is 2.62. The molecule has 1 aliphatic rings. The van der Waals surface area contributed by atoms with Gasteiger partial charge in [-0.05, 0) is 19.3 Å². The Morgan fingerprint density at radius 2 is 2.37 bits per heavy atom. The van der Waals surface area contributed by atoms with Gasteiger partial charge in [-0.25, -0.2) is 0 Å². The monoisotopic (exact) mass is 286 g/mol. The van der Waals surface area contributed by atoms with E-state index in [1.54, 1.807) is 11.7 Å².